The van der Waals surface area contributed by atoms with Crippen LogP contribution in [0, 0.1) is 12.3 Å². The third kappa shape index (κ3) is 4.44. The lowest BCUT2D eigenvalue weighted by molar-refractivity contribution is -0.275. The van der Waals surface area contributed by atoms with Gasteiger partial charge in [0.05, 0.1) is 10.3 Å². The number of carbonyl (C=O) groups is 1. The molecule has 0 aromatic heterocycles. The van der Waals surface area contributed by atoms with Gasteiger partial charge in [0.15, 0.2) is 0 Å². The monoisotopic (exact) mass is 436 g/mol. The number of benzene rings is 2. The maximum absolute atomic E-state index is 13.2. The molecule has 2 fully saturated rings. The fourth-order valence-corrected chi connectivity index (χ4v) is 5.12. The molecule has 4 nitrogen and oxygen atoms in total. The summed E-state index contributed by atoms with van der Waals surface area (Å²) in [5.74, 6) is -0.0328. The molecule has 2 heterocycles. The molecule has 0 aliphatic carbocycles. The summed E-state index contributed by atoms with van der Waals surface area (Å²) >= 11 is 1.26. The highest BCUT2D eigenvalue weighted by atomic mass is 32.2. The second kappa shape index (κ2) is 8.15. The van der Waals surface area contributed by atoms with E-state index in [1.807, 2.05) is 40.4 Å². The van der Waals surface area contributed by atoms with E-state index in [-0.39, 0.29) is 17.1 Å². The van der Waals surface area contributed by atoms with Gasteiger partial charge in [-0.1, -0.05) is 29.8 Å². The van der Waals surface area contributed by atoms with Crippen LogP contribution in [0.3, 0.4) is 0 Å². The van der Waals surface area contributed by atoms with E-state index in [1.54, 1.807) is 12.1 Å². The second-order valence-electron chi connectivity index (χ2n) is 7.84. The van der Waals surface area contributed by atoms with Crippen LogP contribution in [-0.2, 0) is 4.79 Å². The van der Waals surface area contributed by atoms with E-state index >= 15 is 0 Å². The first-order valence-corrected chi connectivity index (χ1v) is 10.7. The third-order valence-corrected chi connectivity index (χ3v) is 7.00. The predicted molar refractivity (Wildman–Crippen MR) is 110 cm³/mol. The highest BCUT2D eigenvalue weighted by Crippen LogP contribution is 2.45. The number of alkyl halides is 3. The van der Waals surface area contributed by atoms with E-state index in [9.17, 15) is 18.0 Å². The lowest BCUT2D eigenvalue weighted by Gasteiger charge is -2.37. The van der Waals surface area contributed by atoms with Crippen molar-refractivity contribution in [1.29, 1.82) is 0 Å². The summed E-state index contributed by atoms with van der Waals surface area (Å²) < 4.78 is 44.1. The molecule has 4 rings (SSSR count). The first kappa shape index (κ1) is 21.1. The van der Waals surface area contributed by atoms with Crippen LogP contribution in [-0.4, -0.2) is 36.2 Å². The summed E-state index contributed by atoms with van der Waals surface area (Å²) in [6.07, 6.45) is -2.52. The maximum Gasteiger partial charge on any atom is 0.573 e. The molecule has 1 spiro atoms. The number of para-hydroxylation sites is 1. The number of rotatable bonds is 4. The fourth-order valence-electron chi connectivity index (χ4n) is 4.13. The van der Waals surface area contributed by atoms with Gasteiger partial charge in [-0.15, -0.1) is 13.2 Å². The molecule has 0 radical (unpaired) electrons. The SMILES string of the molecule is Cc1ccc(N2CCC3(CCN(Sc4ccccc4OC(F)(F)F)CC3)C2=O)cc1. The van der Waals surface area contributed by atoms with Crippen molar-refractivity contribution in [3.05, 3.63) is 54.1 Å². The Morgan fingerprint density at radius 2 is 1.60 bits per heavy atom. The van der Waals surface area contributed by atoms with Crippen molar-refractivity contribution >= 4 is 23.5 Å². The van der Waals surface area contributed by atoms with Gasteiger partial charge in [-0.3, -0.25) is 4.79 Å². The molecule has 160 valence electrons. The average molecular weight is 436 g/mol. The molecule has 2 saturated heterocycles. The van der Waals surface area contributed by atoms with Crippen LogP contribution < -0.4 is 9.64 Å². The summed E-state index contributed by atoms with van der Waals surface area (Å²) in [5.41, 5.74) is 1.71. The van der Waals surface area contributed by atoms with Gasteiger partial charge in [-0.25, -0.2) is 4.31 Å². The Labute approximate surface area is 178 Å². The van der Waals surface area contributed by atoms with Gasteiger partial charge in [0.1, 0.15) is 5.75 Å². The molecule has 2 aromatic rings. The van der Waals surface area contributed by atoms with Crippen molar-refractivity contribution in [1.82, 2.24) is 4.31 Å². The van der Waals surface area contributed by atoms with Gasteiger partial charge in [-0.05, 0) is 62.4 Å². The van der Waals surface area contributed by atoms with Crippen LogP contribution in [0.5, 0.6) is 5.75 Å². The van der Waals surface area contributed by atoms with E-state index in [0.717, 1.165) is 17.7 Å². The average Bonchev–Trinajstić information content (AvgIpc) is 3.01. The Hall–Kier alpha value is -2.19. The number of nitrogens with zero attached hydrogens (tertiary/aromatic N) is 2. The third-order valence-electron chi connectivity index (χ3n) is 5.84. The molecule has 0 unspecified atom stereocenters. The Kier molecular flexibility index (Phi) is 5.72. The van der Waals surface area contributed by atoms with Crippen molar-refractivity contribution in [3.8, 4) is 5.75 Å². The minimum atomic E-state index is -4.72. The Morgan fingerprint density at radius 3 is 2.27 bits per heavy atom. The van der Waals surface area contributed by atoms with E-state index in [4.69, 9.17) is 0 Å². The quantitative estimate of drug-likeness (QED) is 0.599. The van der Waals surface area contributed by atoms with E-state index in [1.165, 1.54) is 24.1 Å². The molecular formula is C22H23F3N2O2S. The second-order valence-corrected chi connectivity index (χ2v) is 8.98. The van der Waals surface area contributed by atoms with Gasteiger partial charge in [0.2, 0.25) is 5.91 Å². The van der Waals surface area contributed by atoms with Crippen LogP contribution in [0.4, 0.5) is 18.9 Å². The summed E-state index contributed by atoms with van der Waals surface area (Å²) in [6, 6.07) is 14.1. The Bertz CT molecular complexity index is 909. The smallest absolute Gasteiger partial charge is 0.405 e. The van der Waals surface area contributed by atoms with E-state index in [2.05, 4.69) is 4.74 Å². The van der Waals surface area contributed by atoms with Gasteiger partial charge in [-0.2, -0.15) is 0 Å². The highest BCUT2D eigenvalue weighted by Gasteiger charge is 2.48. The van der Waals surface area contributed by atoms with Gasteiger partial charge in [0.25, 0.3) is 0 Å². The summed E-state index contributed by atoms with van der Waals surface area (Å²) in [7, 11) is 0. The standard InChI is InChI=1S/C22H23F3N2O2S/c1-16-6-8-17(9-7-16)27-15-12-21(20(27)28)10-13-26(14-11-21)30-19-5-3-2-4-18(19)29-22(23,24)25/h2-9H,10-15H2,1H3. The van der Waals surface area contributed by atoms with Crippen LogP contribution in [0.25, 0.3) is 0 Å². The van der Waals surface area contributed by atoms with Crippen LogP contribution in [0.2, 0.25) is 0 Å². The number of halogens is 3. The number of amides is 1. The number of aryl methyl sites for hydroxylation is 1. The Balaban J connectivity index is 1.40. The number of anilines is 1. The minimum absolute atomic E-state index is 0.164. The summed E-state index contributed by atoms with van der Waals surface area (Å²) in [6.45, 7) is 4.00. The van der Waals surface area contributed by atoms with Crippen molar-refractivity contribution < 1.29 is 22.7 Å². The summed E-state index contributed by atoms with van der Waals surface area (Å²) in [4.78, 5) is 15.5. The molecule has 0 atom stereocenters. The summed E-state index contributed by atoms with van der Waals surface area (Å²) in [5, 5.41) is 0. The van der Waals surface area contributed by atoms with Crippen molar-refractivity contribution in [2.45, 2.75) is 37.4 Å². The maximum atomic E-state index is 13.2. The van der Waals surface area contributed by atoms with Crippen molar-refractivity contribution in [3.63, 3.8) is 0 Å². The van der Waals surface area contributed by atoms with E-state index < -0.39 is 6.36 Å². The van der Waals surface area contributed by atoms with Crippen LogP contribution >= 0.6 is 11.9 Å². The number of piperidine rings is 1. The van der Waals surface area contributed by atoms with Gasteiger partial charge < -0.3 is 9.64 Å². The molecular weight excluding hydrogens is 413 g/mol. The normalized spacial score (nSPS) is 19.5. The molecule has 0 saturated carbocycles. The molecule has 30 heavy (non-hydrogen) atoms. The fraction of sp³-hybridized carbons (Fsp3) is 0.409. The number of ether oxygens (including phenoxy) is 1. The van der Waals surface area contributed by atoms with Gasteiger partial charge in [0, 0.05) is 25.3 Å². The lowest BCUT2D eigenvalue weighted by Crippen LogP contribution is -2.42. The zero-order chi connectivity index (χ0) is 21.4. The van der Waals surface area contributed by atoms with Gasteiger partial charge >= 0.3 is 6.36 Å². The van der Waals surface area contributed by atoms with Crippen LogP contribution in [0.1, 0.15) is 24.8 Å². The molecule has 1 amide bonds. The molecule has 0 bridgehead atoms. The van der Waals surface area contributed by atoms with Crippen molar-refractivity contribution in [2.75, 3.05) is 24.5 Å². The predicted octanol–water partition coefficient (Wildman–Crippen LogP) is 5.42. The lowest BCUT2D eigenvalue weighted by atomic mass is 9.77. The largest absolute Gasteiger partial charge is 0.573 e. The van der Waals surface area contributed by atoms with Crippen molar-refractivity contribution in [2.24, 2.45) is 5.41 Å². The van der Waals surface area contributed by atoms with E-state index in [0.29, 0.717) is 37.4 Å². The highest BCUT2D eigenvalue weighted by molar-refractivity contribution is 7.97. The minimum Gasteiger partial charge on any atom is -0.405 e. The molecule has 2 aromatic carbocycles. The number of carbonyl (C=O) groups excluding carboxylic acids is 1. The molecule has 2 aliphatic heterocycles. The number of hydrogen-bond donors (Lipinski definition) is 0. The first-order valence-electron chi connectivity index (χ1n) is 9.92. The molecule has 2 aliphatic rings. The topological polar surface area (TPSA) is 32.8 Å². The Morgan fingerprint density at radius 1 is 0.967 bits per heavy atom. The zero-order valence-electron chi connectivity index (χ0n) is 16.6. The molecule has 8 heteroatoms. The van der Waals surface area contributed by atoms with Crippen LogP contribution in [0.15, 0.2) is 53.4 Å². The first-order chi connectivity index (χ1) is 14.3. The zero-order valence-corrected chi connectivity index (χ0v) is 17.4. The number of hydrogen-bond acceptors (Lipinski definition) is 4. The molecule has 0 N–H and O–H groups in total.